The maximum Gasteiger partial charge on any atom is 0.398 e. The molecular formula is C29H42F3NO6S2. The van der Waals surface area contributed by atoms with E-state index in [4.69, 9.17) is 9.47 Å². The van der Waals surface area contributed by atoms with Crippen LogP contribution in [0.15, 0.2) is 15.3 Å². The highest BCUT2D eigenvalue weighted by Gasteiger charge is 2.55. The minimum Gasteiger partial charge on any atom is -0.458 e. The molecule has 3 heterocycles. The van der Waals surface area contributed by atoms with Crippen molar-refractivity contribution in [3.63, 3.8) is 0 Å². The first kappa shape index (κ1) is 34.0. The smallest absolute Gasteiger partial charge is 0.398 e. The molecule has 7 nitrogen and oxygen atoms in total. The molecule has 3 fully saturated rings. The Balaban J connectivity index is 0.00000226. The molecule has 41 heavy (non-hydrogen) atoms. The van der Waals surface area contributed by atoms with Crippen LogP contribution < -0.4 is 0 Å². The van der Waals surface area contributed by atoms with Gasteiger partial charge >= 0.3 is 12.1 Å². The van der Waals surface area contributed by atoms with E-state index in [1.165, 1.54) is 0 Å². The van der Waals surface area contributed by atoms with Gasteiger partial charge in [0.25, 0.3) is 0 Å². The molecule has 2 aliphatic heterocycles. The molecule has 0 aromatic carbocycles. The number of thioether (sulfide) groups is 1. The van der Waals surface area contributed by atoms with E-state index in [2.05, 4.69) is 4.98 Å². The van der Waals surface area contributed by atoms with Crippen molar-refractivity contribution in [2.45, 2.75) is 121 Å². The SMILES string of the molecule is C/C(=C\c1csc(SCC(F)(F)F)n1)[C@@H]1C[C@@H]2O[C@]2(C)CCC[C@@H]2C[C@@](C)(C(=O)[C@H](C)C2O)[C@@H](O)CC(=O)O1.CC. The number of thiazole rings is 1. The molecule has 1 unspecified atom stereocenters. The number of hydrogen-bond donors (Lipinski definition) is 2. The number of alkyl halides is 3. The van der Waals surface area contributed by atoms with Crippen LogP contribution in [-0.4, -0.2) is 68.9 Å². The van der Waals surface area contributed by atoms with E-state index in [0.717, 1.165) is 24.2 Å². The zero-order valence-electron chi connectivity index (χ0n) is 24.5. The standard InChI is InChI=1S/C27H36F3NO6S2.C2H6/c1-14(8-17-12-38-24(31-17)39-13-27(28,29)30)18-9-20-26(4,37-20)7-5-6-16-11-25(3,19(32)10-21(33)36-18)23(35)15(2)22(16)34;1-2/h8,12,15-16,18-20,22,32,34H,5-7,9-11,13H2,1-4H3;1-2H3/b14-8+;/t15-,16-,18+,19+,20+,22?,25-,26-;/m1./s1. The number of hydrogen-bond acceptors (Lipinski definition) is 9. The average molecular weight is 622 g/mol. The van der Waals surface area contributed by atoms with Gasteiger partial charge in [0.15, 0.2) is 4.34 Å². The van der Waals surface area contributed by atoms with Gasteiger partial charge in [0, 0.05) is 17.7 Å². The molecule has 1 aromatic heterocycles. The summed E-state index contributed by atoms with van der Waals surface area (Å²) >= 11 is 1.73. The lowest BCUT2D eigenvalue weighted by Gasteiger charge is -2.45. The number of aromatic nitrogens is 1. The summed E-state index contributed by atoms with van der Waals surface area (Å²) < 4.78 is 49.8. The third-order valence-corrected chi connectivity index (χ3v) is 10.6. The van der Waals surface area contributed by atoms with E-state index in [1.54, 1.807) is 32.2 Å². The number of aliphatic hydroxyl groups excluding tert-OH is 2. The van der Waals surface area contributed by atoms with Gasteiger partial charge in [-0.15, -0.1) is 11.3 Å². The molecule has 12 heteroatoms. The van der Waals surface area contributed by atoms with Crippen LogP contribution in [0.4, 0.5) is 13.2 Å². The number of ketones is 1. The molecule has 1 aromatic rings. The summed E-state index contributed by atoms with van der Waals surface area (Å²) in [6.07, 6.45) is -3.06. The first-order chi connectivity index (χ1) is 19.1. The van der Waals surface area contributed by atoms with E-state index < -0.39 is 53.1 Å². The van der Waals surface area contributed by atoms with E-state index >= 15 is 0 Å². The van der Waals surface area contributed by atoms with Crippen molar-refractivity contribution in [3.05, 3.63) is 16.6 Å². The highest BCUT2D eigenvalue weighted by molar-refractivity contribution is 8.01. The molecule has 3 aliphatic rings. The summed E-state index contributed by atoms with van der Waals surface area (Å²) in [6, 6.07) is 0. The molecule has 2 saturated heterocycles. The number of nitrogens with zero attached hydrogens (tertiary/aromatic N) is 1. The van der Waals surface area contributed by atoms with Crippen molar-refractivity contribution >= 4 is 40.9 Å². The number of ether oxygens (including phenoxy) is 2. The van der Waals surface area contributed by atoms with E-state index in [1.807, 2.05) is 20.8 Å². The Morgan fingerprint density at radius 1 is 1.27 bits per heavy atom. The average Bonchev–Trinajstić information content (AvgIpc) is 3.31. The van der Waals surface area contributed by atoms with Gasteiger partial charge < -0.3 is 19.7 Å². The van der Waals surface area contributed by atoms with E-state index in [0.29, 0.717) is 40.2 Å². The highest BCUT2D eigenvalue weighted by Crippen LogP contribution is 2.48. The molecular weight excluding hydrogens is 579 g/mol. The molecule has 8 atom stereocenters. The predicted molar refractivity (Wildman–Crippen MR) is 153 cm³/mol. The fourth-order valence-corrected chi connectivity index (χ4v) is 7.48. The Morgan fingerprint density at radius 3 is 2.61 bits per heavy atom. The van der Waals surface area contributed by atoms with Crippen LogP contribution in [0.1, 0.15) is 85.8 Å². The second-order valence-electron chi connectivity index (χ2n) is 11.6. The summed E-state index contributed by atoms with van der Waals surface area (Å²) in [6.45, 7) is 11.1. The van der Waals surface area contributed by atoms with Gasteiger partial charge in [-0.05, 0) is 50.7 Å². The fourth-order valence-electron chi connectivity index (χ4n) is 5.93. The van der Waals surface area contributed by atoms with Gasteiger partial charge in [-0.25, -0.2) is 4.98 Å². The molecule has 2 bridgehead atoms. The van der Waals surface area contributed by atoms with Crippen molar-refractivity contribution in [2.24, 2.45) is 17.3 Å². The Hall–Kier alpha value is -1.47. The Bertz CT molecular complexity index is 1110. The predicted octanol–water partition coefficient (Wildman–Crippen LogP) is 6.21. The van der Waals surface area contributed by atoms with Crippen LogP contribution in [0, 0.1) is 17.3 Å². The molecule has 1 saturated carbocycles. The van der Waals surface area contributed by atoms with E-state index in [-0.39, 0.29) is 30.6 Å². The number of esters is 1. The first-order valence-electron chi connectivity index (χ1n) is 14.2. The number of halogens is 3. The number of rotatable bonds is 4. The summed E-state index contributed by atoms with van der Waals surface area (Å²) in [4.78, 5) is 30.4. The fraction of sp³-hybridized carbons (Fsp3) is 0.759. The summed E-state index contributed by atoms with van der Waals surface area (Å²) in [5, 5.41) is 23.5. The molecule has 4 rings (SSSR count). The lowest BCUT2D eigenvalue weighted by atomic mass is 9.60. The second-order valence-corrected chi connectivity index (χ2v) is 13.7. The highest BCUT2D eigenvalue weighted by atomic mass is 32.2. The van der Waals surface area contributed by atoms with Crippen molar-refractivity contribution in [1.82, 2.24) is 4.98 Å². The number of carbonyl (C=O) groups excluding carboxylic acids is 2. The van der Waals surface area contributed by atoms with Gasteiger partial charge in [0.1, 0.15) is 11.9 Å². The topological polar surface area (TPSA) is 109 Å². The maximum atomic E-state index is 13.1. The van der Waals surface area contributed by atoms with Gasteiger partial charge in [-0.1, -0.05) is 45.9 Å². The van der Waals surface area contributed by atoms with Crippen molar-refractivity contribution in [3.8, 4) is 0 Å². The lowest BCUT2D eigenvalue weighted by molar-refractivity contribution is -0.161. The van der Waals surface area contributed by atoms with Crippen LogP contribution in [0.3, 0.4) is 0 Å². The molecule has 0 amide bonds. The Labute approximate surface area is 248 Å². The van der Waals surface area contributed by atoms with Crippen LogP contribution in [0.2, 0.25) is 0 Å². The Kier molecular flexibility index (Phi) is 11.2. The third-order valence-electron chi connectivity index (χ3n) is 8.48. The quantitative estimate of drug-likeness (QED) is 0.232. The van der Waals surface area contributed by atoms with Gasteiger partial charge in [0.2, 0.25) is 0 Å². The number of Topliss-reactive ketones (excluding diaryl/α,β-unsaturated/α-hetero) is 1. The minimum atomic E-state index is -4.29. The number of carbonyl (C=O) groups is 2. The molecule has 232 valence electrons. The zero-order chi connectivity index (χ0) is 30.8. The van der Waals surface area contributed by atoms with Gasteiger partial charge in [0.05, 0.1) is 47.2 Å². The number of cyclic esters (lactones) is 1. The number of fused-ring (bicyclic) bond motifs is 3. The van der Waals surface area contributed by atoms with Crippen LogP contribution in [0.25, 0.3) is 6.08 Å². The molecule has 0 spiro atoms. The van der Waals surface area contributed by atoms with Crippen molar-refractivity contribution < 1.29 is 42.4 Å². The maximum absolute atomic E-state index is 13.1. The normalized spacial score (nSPS) is 36.8. The lowest BCUT2D eigenvalue weighted by Crippen LogP contribution is -2.54. The van der Waals surface area contributed by atoms with Gasteiger partial charge in [-0.2, -0.15) is 13.2 Å². The minimum absolute atomic E-state index is 0.165. The molecule has 2 N–H and O–H groups in total. The van der Waals surface area contributed by atoms with Crippen LogP contribution in [0.5, 0.6) is 0 Å². The second kappa shape index (κ2) is 13.4. The van der Waals surface area contributed by atoms with Crippen LogP contribution >= 0.6 is 23.1 Å². The number of epoxide rings is 1. The summed E-state index contributed by atoms with van der Waals surface area (Å²) in [5.74, 6) is -2.77. The largest absolute Gasteiger partial charge is 0.458 e. The van der Waals surface area contributed by atoms with Crippen LogP contribution in [-0.2, 0) is 19.1 Å². The summed E-state index contributed by atoms with van der Waals surface area (Å²) in [5.41, 5.74) is -0.463. The first-order valence-corrected chi connectivity index (χ1v) is 16.1. The summed E-state index contributed by atoms with van der Waals surface area (Å²) in [7, 11) is 0. The molecule has 0 radical (unpaired) electrons. The van der Waals surface area contributed by atoms with Crippen molar-refractivity contribution in [1.29, 1.82) is 0 Å². The van der Waals surface area contributed by atoms with E-state index in [9.17, 15) is 33.0 Å². The van der Waals surface area contributed by atoms with Gasteiger partial charge in [-0.3, -0.25) is 9.59 Å². The zero-order valence-corrected chi connectivity index (χ0v) is 26.1. The Morgan fingerprint density at radius 2 is 1.95 bits per heavy atom. The molecule has 1 aliphatic carbocycles. The number of aliphatic hydroxyl groups is 2. The van der Waals surface area contributed by atoms with Crippen molar-refractivity contribution in [2.75, 3.05) is 5.75 Å². The third kappa shape index (κ3) is 8.34. The monoisotopic (exact) mass is 621 g/mol.